The highest BCUT2D eigenvalue weighted by atomic mass is 32.1. The molecular weight excluding hydrogens is 376 g/mol. The van der Waals surface area contributed by atoms with Crippen molar-refractivity contribution in [2.75, 3.05) is 7.11 Å². The van der Waals surface area contributed by atoms with Crippen molar-refractivity contribution < 1.29 is 13.9 Å². The van der Waals surface area contributed by atoms with Crippen LogP contribution in [0.2, 0.25) is 0 Å². The molecule has 1 aromatic carbocycles. The number of carbonyl (C=O) groups is 1. The fourth-order valence-corrected chi connectivity index (χ4v) is 3.72. The van der Waals surface area contributed by atoms with Gasteiger partial charge in [-0.2, -0.15) is 0 Å². The number of carbonyl (C=O) groups excluding carboxylic acids is 1. The number of ether oxygens (including phenoxy) is 1. The van der Waals surface area contributed by atoms with Crippen LogP contribution in [0.5, 0.6) is 5.75 Å². The fourth-order valence-electron chi connectivity index (χ4n) is 3.03. The third-order valence-corrected chi connectivity index (χ3v) is 5.29. The first-order chi connectivity index (χ1) is 13.6. The molecule has 1 N–H and O–H groups in total. The van der Waals surface area contributed by atoms with Gasteiger partial charge in [0.2, 0.25) is 0 Å². The topological polar surface area (TPSA) is 75.5 Å². The average Bonchev–Trinajstić information content (AvgIpc) is 3.41. The van der Waals surface area contributed by atoms with Gasteiger partial charge < -0.3 is 19.0 Å². The van der Waals surface area contributed by atoms with Gasteiger partial charge >= 0.3 is 0 Å². The number of furan rings is 1. The van der Waals surface area contributed by atoms with Crippen LogP contribution in [0.25, 0.3) is 10.9 Å². The van der Waals surface area contributed by atoms with Gasteiger partial charge in [0.25, 0.3) is 11.5 Å². The summed E-state index contributed by atoms with van der Waals surface area (Å²) in [6.45, 7) is 0.444. The Morgan fingerprint density at radius 3 is 2.79 bits per heavy atom. The van der Waals surface area contributed by atoms with Crippen molar-refractivity contribution in [3.05, 3.63) is 86.7 Å². The Balaban J connectivity index is 1.70. The van der Waals surface area contributed by atoms with Crippen LogP contribution in [-0.2, 0) is 13.1 Å². The zero-order valence-corrected chi connectivity index (χ0v) is 16.0. The van der Waals surface area contributed by atoms with E-state index in [0.717, 1.165) is 10.9 Å². The van der Waals surface area contributed by atoms with E-state index in [-0.39, 0.29) is 24.6 Å². The maximum Gasteiger partial charge on any atom is 0.264 e. The maximum absolute atomic E-state index is 13.0. The van der Waals surface area contributed by atoms with Gasteiger partial charge in [-0.25, -0.2) is 0 Å². The standard InChI is InChI=1S/C21H18N2O4S/c1-26-16-6-7-18-14(11-16)10-15(20(24)22-18)12-23(13-17-4-2-8-27-17)21(25)19-5-3-9-28-19/h2-11H,12-13H2,1H3,(H,22,24). The molecule has 6 nitrogen and oxygen atoms in total. The van der Waals surface area contributed by atoms with Crippen LogP contribution in [-0.4, -0.2) is 22.9 Å². The van der Waals surface area contributed by atoms with Gasteiger partial charge in [-0.05, 0) is 47.8 Å². The second-order valence-electron chi connectivity index (χ2n) is 6.29. The molecule has 0 saturated carbocycles. The molecule has 4 aromatic rings. The molecule has 7 heteroatoms. The number of methoxy groups -OCH3 is 1. The van der Waals surface area contributed by atoms with E-state index < -0.39 is 0 Å². The largest absolute Gasteiger partial charge is 0.497 e. The molecule has 28 heavy (non-hydrogen) atoms. The van der Waals surface area contributed by atoms with Crippen LogP contribution < -0.4 is 10.3 Å². The summed E-state index contributed by atoms with van der Waals surface area (Å²) in [5.74, 6) is 1.22. The van der Waals surface area contributed by atoms with E-state index in [1.807, 2.05) is 23.6 Å². The SMILES string of the molecule is COc1ccc2[nH]c(=O)c(CN(Cc3ccco3)C(=O)c3cccs3)cc2c1. The number of hydrogen-bond acceptors (Lipinski definition) is 5. The molecule has 0 aliphatic carbocycles. The average molecular weight is 394 g/mol. The number of aromatic amines is 1. The Bertz CT molecular complexity index is 1150. The van der Waals surface area contributed by atoms with Crippen LogP contribution in [0.15, 0.2) is 69.4 Å². The van der Waals surface area contributed by atoms with E-state index in [4.69, 9.17) is 9.15 Å². The Hall–Kier alpha value is -3.32. The van der Waals surface area contributed by atoms with E-state index in [1.54, 1.807) is 48.6 Å². The fraction of sp³-hybridized carbons (Fsp3) is 0.143. The van der Waals surface area contributed by atoms with Gasteiger partial charge in [-0.15, -0.1) is 11.3 Å². The highest BCUT2D eigenvalue weighted by molar-refractivity contribution is 7.12. The Morgan fingerprint density at radius 2 is 2.07 bits per heavy atom. The quantitative estimate of drug-likeness (QED) is 0.536. The van der Waals surface area contributed by atoms with E-state index >= 15 is 0 Å². The first-order valence-corrected chi connectivity index (χ1v) is 9.57. The molecule has 1 amide bonds. The lowest BCUT2D eigenvalue weighted by Crippen LogP contribution is -2.32. The van der Waals surface area contributed by atoms with Gasteiger partial charge in [0, 0.05) is 16.5 Å². The van der Waals surface area contributed by atoms with Gasteiger partial charge in [-0.1, -0.05) is 6.07 Å². The summed E-state index contributed by atoms with van der Waals surface area (Å²) in [6.07, 6.45) is 1.57. The minimum atomic E-state index is -0.221. The molecule has 3 aromatic heterocycles. The molecule has 142 valence electrons. The van der Waals surface area contributed by atoms with E-state index in [0.29, 0.717) is 22.0 Å². The van der Waals surface area contributed by atoms with Crippen molar-refractivity contribution in [1.29, 1.82) is 0 Å². The molecule has 0 saturated heterocycles. The molecule has 0 bridgehead atoms. The van der Waals surface area contributed by atoms with Crippen molar-refractivity contribution in [3.8, 4) is 5.75 Å². The number of rotatable bonds is 6. The third kappa shape index (κ3) is 3.70. The van der Waals surface area contributed by atoms with Crippen molar-refractivity contribution in [3.63, 3.8) is 0 Å². The Kier molecular flexibility index (Phi) is 4.99. The minimum Gasteiger partial charge on any atom is -0.497 e. The summed E-state index contributed by atoms with van der Waals surface area (Å²) in [5, 5.41) is 2.70. The number of amides is 1. The van der Waals surface area contributed by atoms with Crippen LogP contribution in [0.1, 0.15) is 21.0 Å². The van der Waals surface area contributed by atoms with Crippen molar-refractivity contribution in [2.45, 2.75) is 13.1 Å². The Morgan fingerprint density at radius 1 is 1.18 bits per heavy atom. The van der Waals surface area contributed by atoms with Gasteiger partial charge in [0.05, 0.1) is 31.3 Å². The van der Waals surface area contributed by atoms with Crippen molar-refractivity contribution >= 4 is 28.1 Å². The number of hydrogen-bond donors (Lipinski definition) is 1. The van der Waals surface area contributed by atoms with Crippen LogP contribution >= 0.6 is 11.3 Å². The molecule has 0 aliphatic rings. The molecule has 0 atom stereocenters. The zero-order chi connectivity index (χ0) is 19.5. The van der Waals surface area contributed by atoms with Crippen LogP contribution in [0.3, 0.4) is 0 Å². The second-order valence-corrected chi connectivity index (χ2v) is 7.24. The predicted molar refractivity (Wildman–Crippen MR) is 108 cm³/mol. The number of nitrogens with one attached hydrogen (secondary N) is 1. The summed E-state index contributed by atoms with van der Waals surface area (Å²) in [7, 11) is 1.60. The summed E-state index contributed by atoms with van der Waals surface area (Å²) in [6, 6.07) is 14.4. The summed E-state index contributed by atoms with van der Waals surface area (Å²) >= 11 is 1.37. The van der Waals surface area contributed by atoms with Gasteiger partial charge in [0.1, 0.15) is 11.5 Å². The van der Waals surface area contributed by atoms with Crippen molar-refractivity contribution in [2.24, 2.45) is 0 Å². The first kappa shape index (κ1) is 18.1. The van der Waals surface area contributed by atoms with Gasteiger partial charge in [0.15, 0.2) is 0 Å². The highest BCUT2D eigenvalue weighted by Crippen LogP contribution is 2.21. The molecule has 0 unspecified atom stereocenters. The highest BCUT2D eigenvalue weighted by Gasteiger charge is 2.20. The van der Waals surface area contributed by atoms with Crippen LogP contribution in [0.4, 0.5) is 0 Å². The first-order valence-electron chi connectivity index (χ1n) is 8.69. The maximum atomic E-state index is 13.0. The molecule has 0 fully saturated rings. The molecule has 0 spiro atoms. The summed E-state index contributed by atoms with van der Waals surface area (Å²) in [5.41, 5.74) is 0.995. The molecule has 4 rings (SSSR count). The number of pyridine rings is 1. The number of H-pyrrole nitrogens is 1. The number of nitrogens with zero attached hydrogens (tertiary/aromatic N) is 1. The molecule has 0 radical (unpaired) electrons. The normalized spacial score (nSPS) is 10.9. The number of thiophene rings is 1. The lowest BCUT2D eigenvalue weighted by atomic mass is 10.1. The zero-order valence-electron chi connectivity index (χ0n) is 15.2. The monoisotopic (exact) mass is 394 g/mol. The van der Waals surface area contributed by atoms with E-state index in [1.165, 1.54) is 11.3 Å². The van der Waals surface area contributed by atoms with Crippen LogP contribution in [0, 0.1) is 0 Å². The summed E-state index contributed by atoms with van der Waals surface area (Å²) in [4.78, 5) is 30.7. The summed E-state index contributed by atoms with van der Waals surface area (Å²) < 4.78 is 10.7. The smallest absolute Gasteiger partial charge is 0.264 e. The second kappa shape index (κ2) is 7.74. The van der Waals surface area contributed by atoms with E-state index in [2.05, 4.69) is 4.98 Å². The van der Waals surface area contributed by atoms with E-state index in [9.17, 15) is 9.59 Å². The van der Waals surface area contributed by atoms with Crippen molar-refractivity contribution in [1.82, 2.24) is 9.88 Å². The number of benzene rings is 1. The minimum absolute atomic E-state index is 0.142. The van der Waals surface area contributed by atoms with Gasteiger partial charge in [-0.3, -0.25) is 9.59 Å². The molecule has 0 aliphatic heterocycles. The predicted octanol–water partition coefficient (Wildman–Crippen LogP) is 4.03. The third-order valence-electron chi connectivity index (χ3n) is 4.44. The molecule has 3 heterocycles. The Labute approximate surface area is 165 Å². The lowest BCUT2D eigenvalue weighted by Gasteiger charge is -2.21. The molecular formula is C21H18N2O4S. The number of fused-ring (bicyclic) bond motifs is 1. The lowest BCUT2D eigenvalue weighted by molar-refractivity contribution is 0.0722. The number of aromatic nitrogens is 1.